The van der Waals surface area contributed by atoms with Gasteiger partial charge in [-0.25, -0.2) is 19.0 Å². The van der Waals surface area contributed by atoms with Gasteiger partial charge in [-0.15, -0.1) is 0 Å². The number of hydrogen-bond acceptors (Lipinski definition) is 4. The summed E-state index contributed by atoms with van der Waals surface area (Å²) >= 11 is 0. The van der Waals surface area contributed by atoms with E-state index in [4.69, 9.17) is 5.84 Å². The third-order valence-corrected chi connectivity index (χ3v) is 2.83. The molecule has 0 aromatic carbocycles. The predicted octanol–water partition coefficient (Wildman–Crippen LogP) is -0.621. The van der Waals surface area contributed by atoms with Crippen LogP contribution in [0, 0.1) is 5.92 Å². The minimum atomic E-state index is -3.25. The number of aliphatic imine (C=N–C) groups is 1. The monoisotopic (exact) mass is 279 g/mol. The average molecular weight is 279 g/mol. The highest BCUT2D eigenvalue weighted by atomic mass is 32.2. The minimum absolute atomic E-state index is 0.282. The lowest BCUT2D eigenvalue weighted by Gasteiger charge is -2.23. The van der Waals surface area contributed by atoms with Crippen LogP contribution in [0.1, 0.15) is 27.7 Å². The van der Waals surface area contributed by atoms with Gasteiger partial charge in [0.05, 0.1) is 12.8 Å². The SMILES string of the molecule is CC(C)CNC(=NCC(C)(C)NS(C)(=O)=O)NN. The Bertz CT molecular complexity index is 376. The summed E-state index contributed by atoms with van der Waals surface area (Å²) < 4.78 is 24.8. The molecule has 0 rings (SSSR count). The number of sulfonamides is 1. The van der Waals surface area contributed by atoms with Gasteiger partial charge in [0, 0.05) is 12.1 Å². The van der Waals surface area contributed by atoms with Crippen molar-refractivity contribution in [3.05, 3.63) is 0 Å². The standard InChI is InChI=1S/C10H25N5O2S/c1-8(2)6-12-9(14-11)13-7-10(3,4)15-18(5,16)17/h8,15H,6-7,11H2,1-5H3,(H2,12,13,14). The van der Waals surface area contributed by atoms with Crippen molar-refractivity contribution >= 4 is 16.0 Å². The van der Waals surface area contributed by atoms with Gasteiger partial charge in [-0.05, 0) is 19.8 Å². The fourth-order valence-electron chi connectivity index (χ4n) is 1.26. The molecule has 0 atom stereocenters. The molecule has 0 spiro atoms. The molecule has 0 amide bonds. The van der Waals surface area contributed by atoms with Gasteiger partial charge in [0.2, 0.25) is 16.0 Å². The zero-order valence-corrected chi connectivity index (χ0v) is 12.6. The normalized spacial score (nSPS) is 13.8. The van der Waals surface area contributed by atoms with E-state index in [9.17, 15) is 8.42 Å². The van der Waals surface area contributed by atoms with Crippen molar-refractivity contribution in [3.8, 4) is 0 Å². The second-order valence-corrected chi connectivity index (χ2v) is 7.09. The number of rotatable bonds is 6. The Morgan fingerprint density at radius 2 is 1.94 bits per heavy atom. The van der Waals surface area contributed by atoms with Gasteiger partial charge in [0.25, 0.3) is 0 Å². The summed E-state index contributed by atoms with van der Waals surface area (Å²) in [4.78, 5) is 4.21. The molecule has 0 saturated carbocycles. The molecule has 0 bridgehead atoms. The number of hydrazine groups is 1. The lowest BCUT2D eigenvalue weighted by atomic mass is 10.1. The van der Waals surface area contributed by atoms with E-state index in [1.807, 2.05) is 0 Å². The Hall–Kier alpha value is -0.860. The molecular weight excluding hydrogens is 254 g/mol. The van der Waals surface area contributed by atoms with Crippen LogP contribution in [0.3, 0.4) is 0 Å². The lowest BCUT2D eigenvalue weighted by Crippen LogP contribution is -2.48. The van der Waals surface area contributed by atoms with Crippen LogP contribution in [0.15, 0.2) is 4.99 Å². The van der Waals surface area contributed by atoms with Crippen molar-refractivity contribution in [2.24, 2.45) is 16.8 Å². The molecule has 0 aromatic heterocycles. The van der Waals surface area contributed by atoms with Gasteiger partial charge in [-0.3, -0.25) is 10.4 Å². The molecule has 0 aliphatic rings. The molecule has 0 heterocycles. The van der Waals surface area contributed by atoms with Crippen LogP contribution in [0.2, 0.25) is 0 Å². The molecule has 7 nitrogen and oxygen atoms in total. The maximum absolute atomic E-state index is 11.2. The summed E-state index contributed by atoms with van der Waals surface area (Å²) in [5.41, 5.74) is 1.80. The van der Waals surface area contributed by atoms with Crippen molar-refractivity contribution < 1.29 is 8.42 Å². The van der Waals surface area contributed by atoms with Crippen LogP contribution >= 0.6 is 0 Å². The molecular formula is C10H25N5O2S. The van der Waals surface area contributed by atoms with Gasteiger partial charge in [0.15, 0.2) is 0 Å². The highest BCUT2D eigenvalue weighted by Crippen LogP contribution is 2.04. The first-order chi connectivity index (χ1) is 8.06. The van der Waals surface area contributed by atoms with E-state index in [1.54, 1.807) is 13.8 Å². The van der Waals surface area contributed by atoms with Crippen molar-refractivity contribution in [2.75, 3.05) is 19.3 Å². The first kappa shape index (κ1) is 17.1. The van der Waals surface area contributed by atoms with Crippen molar-refractivity contribution in [3.63, 3.8) is 0 Å². The summed E-state index contributed by atoms with van der Waals surface area (Å²) in [7, 11) is -3.25. The first-order valence-corrected chi connectivity index (χ1v) is 7.69. The summed E-state index contributed by atoms with van der Waals surface area (Å²) in [5, 5.41) is 3.04. The van der Waals surface area contributed by atoms with Crippen LogP contribution in [0.25, 0.3) is 0 Å². The lowest BCUT2D eigenvalue weighted by molar-refractivity contribution is 0.464. The Labute approximate surface area is 110 Å². The molecule has 0 aliphatic heterocycles. The van der Waals surface area contributed by atoms with E-state index >= 15 is 0 Å². The first-order valence-electron chi connectivity index (χ1n) is 5.79. The molecule has 0 saturated heterocycles. The molecule has 0 radical (unpaired) electrons. The third kappa shape index (κ3) is 9.20. The minimum Gasteiger partial charge on any atom is -0.355 e. The van der Waals surface area contributed by atoms with E-state index in [-0.39, 0.29) is 6.54 Å². The van der Waals surface area contributed by atoms with Crippen LogP contribution in [-0.4, -0.2) is 39.3 Å². The van der Waals surface area contributed by atoms with Crippen molar-refractivity contribution in [1.82, 2.24) is 15.5 Å². The number of nitrogens with two attached hydrogens (primary N) is 1. The maximum atomic E-state index is 11.2. The van der Waals surface area contributed by atoms with Crippen LogP contribution in [-0.2, 0) is 10.0 Å². The molecule has 0 aliphatic carbocycles. The topological polar surface area (TPSA) is 109 Å². The van der Waals surface area contributed by atoms with E-state index in [0.717, 1.165) is 12.8 Å². The Kier molecular flexibility index (Phi) is 6.58. The van der Waals surface area contributed by atoms with Crippen molar-refractivity contribution in [2.45, 2.75) is 33.2 Å². The van der Waals surface area contributed by atoms with Gasteiger partial charge in [-0.2, -0.15) is 0 Å². The molecule has 18 heavy (non-hydrogen) atoms. The number of nitrogens with one attached hydrogen (secondary N) is 3. The van der Waals surface area contributed by atoms with Crippen LogP contribution in [0.5, 0.6) is 0 Å². The van der Waals surface area contributed by atoms with Crippen LogP contribution < -0.4 is 21.3 Å². The summed E-state index contributed by atoms with van der Waals surface area (Å²) in [6.45, 7) is 8.67. The van der Waals surface area contributed by atoms with E-state index in [0.29, 0.717) is 11.9 Å². The molecule has 0 unspecified atom stereocenters. The largest absolute Gasteiger partial charge is 0.355 e. The molecule has 5 N–H and O–H groups in total. The van der Waals surface area contributed by atoms with Gasteiger partial charge in [0.1, 0.15) is 0 Å². The second-order valence-electron chi connectivity index (χ2n) is 5.34. The van der Waals surface area contributed by atoms with Gasteiger partial charge < -0.3 is 5.32 Å². The third-order valence-electron chi connectivity index (χ3n) is 1.91. The molecule has 108 valence electrons. The number of guanidine groups is 1. The maximum Gasteiger partial charge on any atom is 0.209 e. The van der Waals surface area contributed by atoms with Gasteiger partial charge >= 0.3 is 0 Å². The Morgan fingerprint density at radius 3 is 2.33 bits per heavy atom. The highest BCUT2D eigenvalue weighted by Gasteiger charge is 2.21. The Balaban J connectivity index is 4.47. The van der Waals surface area contributed by atoms with E-state index < -0.39 is 15.6 Å². The zero-order chi connectivity index (χ0) is 14.4. The number of nitrogens with zero attached hydrogens (tertiary/aromatic N) is 1. The fraction of sp³-hybridized carbons (Fsp3) is 0.900. The van der Waals surface area contributed by atoms with Gasteiger partial charge in [-0.1, -0.05) is 13.8 Å². The zero-order valence-electron chi connectivity index (χ0n) is 11.7. The summed E-state index contributed by atoms with van der Waals surface area (Å²) in [6, 6.07) is 0. The number of hydrogen-bond donors (Lipinski definition) is 4. The second kappa shape index (κ2) is 6.91. The predicted molar refractivity (Wildman–Crippen MR) is 74.5 cm³/mol. The van der Waals surface area contributed by atoms with E-state index in [2.05, 4.69) is 34.3 Å². The Morgan fingerprint density at radius 1 is 1.39 bits per heavy atom. The molecule has 0 fully saturated rings. The van der Waals surface area contributed by atoms with Crippen LogP contribution in [0.4, 0.5) is 0 Å². The molecule has 0 aromatic rings. The highest BCUT2D eigenvalue weighted by molar-refractivity contribution is 7.88. The quantitative estimate of drug-likeness (QED) is 0.224. The summed E-state index contributed by atoms with van der Waals surface area (Å²) in [5.74, 6) is 6.25. The summed E-state index contributed by atoms with van der Waals surface area (Å²) in [6.07, 6.45) is 1.12. The average Bonchev–Trinajstić information content (AvgIpc) is 2.13. The van der Waals surface area contributed by atoms with Crippen molar-refractivity contribution in [1.29, 1.82) is 0 Å². The molecule has 8 heteroatoms. The van der Waals surface area contributed by atoms with E-state index in [1.165, 1.54) is 0 Å². The fourth-order valence-corrected chi connectivity index (χ4v) is 2.33. The smallest absolute Gasteiger partial charge is 0.209 e.